The van der Waals surface area contributed by atoms with Gasteiger partial charge in [-0.1, -0.05) is 0 Å². The van der Waals surface area contributed by atoms with Crippen LogP contribution in [0.15, 0.2) is 18.2 Å². The molecule has 0 aliphatic rings. The second-order valence-electron chi connectivity index (χ2n) is 4.66. The lowest BCUT2D eigenvalue weighted by atomic mass is 10.1. The molecule has 1 aromatic carbocycles. The molecular weight excluding hydrogens is 275 g/mol. The van der Waals surface area contributed by atoms with Crippen LogP contribution in [-0.2, 0) is 9.53 Å². The van der Waals surface area contributed by atoms with Gasteiger partial charge in [-0.05, 0) is 45.2 Å². The van der Waals surface area contributed by atoms with Crippen LogP contribution in [0.1, 0.15) is 49.9 Å². The molecule has 116 valence electrons. The first-order valence-corrected chi connectivity index (χ1v) is 7.13. The normalized spacial score (nSPS) is 10.2. The third kappa shape index (κ3) is 6.38. The molecule has 0 N–H and O–H groups in total. The largest absolute Gasteiger partial charge is 0.493 e. The van der Waals surface area contributed by atoms with Crippen LogP contribution < -0.4 is 4.74 Å². The maximum Gasteiger partial charge on any atom is 0.305 e. The van der Waals surface area contributed by atoms with Crippen LogP contribution in [0.2, 0.25) is 0 Å². The van der Waals surface area contributed by atoms with E-state index in [0.29, 0.717) is 25.2 Å². The first kappa shape index (κ1) is 17.1. The maximum absolute atomic E-state index is 13.2. The lowest BCUT2D eigenvalue weighted by Crippen LogP contribution is -2.05. The topological polar surface area (TPSA) is 52.6 Å². The number of rotatable bonds is 9. The van der Waals surface area contributed by atoms with E-state index < -0.39 is 5.82 Å². The molecule has 0 heterocycles. The zero-order valence-electron chi connectivity index (χ0n) is 12.5. The molecule has 0 fully saturated rings. The minimum Gasteiger partial charge on any atom is -0.493 e. The molecule has 0 amide bonds. The maximum atomic E-state index is 13.2. The molecule has 1 aromatic rings. The van der Waals surface area contributed by atoms with Gasteiger partial charge in [-0.2, -0.15) is 0 Å². The number of esters is 1. The van der Waals surface area contributed by atoms with Crippen molar-refractivity contribution in [2.24, 2.45) is 0 Å². The second-order valence-corrected chi connectivity index (χ2v) is 4.66. The Morgan fingerprint density at radius 3 is 2.62 bits per heavy atom. The molecular formula is C16H21FO4. The summed E-state index contributed by atoms with van der Waals surface area (Å²) in [5.74, 6) is -0.514. The van der Waals surface area contributed by atoms with Gasteiger partial charge < -0.3 is 9.47 Å². The molecule has 5 heteroatoms. The fourth-order valence-electron chi connectivity index (χ4n) is 1.87. The quantitative estimate of drug-likeness (QED) is 0.397. The zero-order chi connectivity index (χ0) is 15.7. The Hall–Kier alpha value is -1.91. The van der Waals surface area contributed by atoms with E-state index in [1.807, 2.05) is 0 Å². The van der Waals surface area contributed by atoms with Crippen molar-refractivity contribution >= 4 is 11.8 Å². The first-order chi connectivity index (χ1) is 10.0. The molecule has 1 rings (SSSR count). The van der Waals surface area contributed by atoms with Crippen molar-refractivity contribution < 1.29 is 23.5 Å². The van der Waals surface area contributed by atoms with Crippen molar-refractivity contribution in [1.29, 1.82) is 0 Å². The lowest BCUT2D eigenvalue weighted by molar-refractivity contribution is -0.143. The van der Waals surface area contributed by atoms with Crippen LogP contribution in [0.3, 0.4) is 0 Å². The van der Waals surface area contributed by atoms with Crippen LogP contribution in [-0.4, -0.2) is 25.0 Å². The highest BCUT2D eigenvalue weighted by Gasteiger charge is 2.09. The molecule has 0 saturated heterocycles. The van der Waals surface area contributed by atoms with E-state index in [9.17, 15) is 14.0 Å². The van der Waals surface area contributed by atoms with E-state index in [1.54, 1.807) is 6.92 Å². The Morgan fingerprint density at radius 1 is 1.19 bits per heavy atom. The van der Waals surface area contributed by atoms with E-state index in [2.05, 4.69) is 0 Å². The smallest absolute Gasteiger partial charge is 0.305 e. The third-order valence-electron chi connectivity index (χ3n) is 2.91. The van der Waals surface area contributed by atoms with E-state index in [4.69, 9.17) is 9.47 Å². The Balaban J connectivity index is 2.31. The van der Waals surface area contributed by atoms with Crippen molar-refractivity contribution in [2.45, 2.75) is 39.5 Å². The predicted molar refractivity (Wildman–Crippen MR) is 77.0 cm³/mol. The number of ether oxygens (including phenoxy) is 2. The number of ketones is 1. The standard InChI is InChI=1S/C16H21FO4/c1-3-20-16(19)7-5-4-6-10-21-15-11-13(17)8-9-14(15)12(2)18/h8-9,11H,3-7,10H2,1-2H3. The van der Waals surface area contributed by atoms with Gasteiger partial charge >= 0.3 is 5.97 Å². The molecule has 21 heavy (non-hydrogen) atoms. The average molecular weight is 296 g/mol. The number of halogens is 1. The fourth-order valence-corrected chi connectivity index (χ4v) is 1.87. The summed E-state index contributed by atoms with van der Waals surface area (Å²) < 4.78 is 23.4. The number of carbonyl (C=O) groups excluding carboxylic acids is 2. The number of unbranched alkanes of at least 4 members (excludes halogenated alkanes) is 2. The number of hydrogen-bond acceptors (Lipinski definition) is 4. The van der Waals surface area contributed by atoms with Gasteiger partial charge in [0.15, 0.2) is 5.78 Å². The van der Waals surface area contributed by atoms with Gasteiger partial charge in [0.2, 0.25) is 0 Å². The fraction of sp³-hybridized carbons (Fsp3) is 0.500. The summed E-state index contributed by atoms with van der Waals surface area (Å²) in [6.07, 6.45) is 2.66. The molecule has 0 bridgehead atoms. The SMILES string of the molecule is CCOC(=O)CCCCCOc1cc(F)ccc1C(C)=O. The summed E-state index contributed by atoms with van der Waals surface area (Å²) >= 11 is 0. The van der Waals surface area contributed by atoms with Crippen LogP contribution in [0.4, 0.5) is 4.39 Å². The Kier molecular flexibility index (Phi) is 7.43. The second kappa shape index (κ2) is 9.10. The van der Waals surface area contributed by atoms with E-state index in [-0.39, 0.29) is 17.5 Å². The summed E-state index contributed by atoms with van der Waals surface area (Å²) in [5.41, 5.74) is 0.378. The van der Waals surface area contributed by atoms with E-state index in [0.717, 1.165) is 19.3 Å². The molecule has 0 aliphatic carbocycles. The van der Waals surface area contributed by atoms with Gasteiger partial charge in [0.05, 0.1) is 18.8 Å². The van der Waals surface area contributed by atoms with Gasteiger partial charge in [-0.25, -0.2) is 4.39 Å². The van der Waals surface area contributed by atoms with Gasteiger partial charge in [0.25, 0.3) is 0 Å². The van der Waals surface area contributed by atoms with Crippen molar-refractivity contribution in [3.63, 3.8) is 0 Å². The van der Waals surface area contributed by atoms with Gasteiger partial charge in [-0.3, -0.25) is 9.59 Å². The highest BCUT2D eigenvalue weighted by atomic mass is 19.1. The molecule has 4 nitrogen and oxygen atoms in total. The number of benzene rings is 1. The zero-order valence-corrected chi connectivity index (χ0v) is 12.5. The molecule has 0 aromatic heterocycles. The molecule has 0 saturated carbocycles. The highest BCUT2D eigenvalue weighted by Crippen LogP contribution is 2.21. The molecule has 0 atom stereocenters. The number of hydrogen-bond donors (Lipinski definition) is 0. The molecule has 0 unspecified atom stereocenters. The number of carbonyl (C=O) groups is 2. The number of Topliss-reactive ketones (excluding diaryl/α,β-unsaturated/α-hetero) is 1. The van der Waals surface area contributed by atoms with Crippen molar-refractivity contribution in [3.05, 3.63) is 29.6 Å². The van der Waals surface area contributed by atoms with Crippen molar-refractivity contribution in [3.8, 4) is 5.75 Å². The van der Waals surface area contributed by atoms with Gasteiger partial charge in [0, 0.05) is 12.5 Å². The van der Waals surface area contributed by atoms with Crippen LogP contribution in [0, 0.1) is 5.82 Å². The van der Waals surface area contributed by atoms with Gasteiger partial charge in [0.1, 0.15) is 11.6 Å². The molecule has 0 spiro atoms. The molecule has 0 aliphatic heterocycles. The van der Waals surface area contributed by atoms with Crippen molar-refractivity contribution in [1.82, 2.24) is 0 Å². The lowest BCUT2D eigenvalue weighted by Gasteiger charge is -2.09. The first-order valence-electron chi connectivity index (χ1n) is 7.13. The predicted octanol–water partition coefficient (Wildman–Crippen LogP) is 3.53. The van der Waals surface area contributed by atoms with Crippen LogP contribution in [0.25, 0.3) is 0 Å². The Bertz CT molecular complexity index is 485. The van der Waals surface area contributed by atoms with E-state index >= 15 is 0 Å². The summed E-state index contributed by atoms with van der Waals surface area (Å²) in [6, 6.07) is 3.88. The Morgan fingerprint density at radius 2 is 1.95 bits per heavy atom. The molecule has 0 radical (unpaired) electrons. The minimum atomic E-state index is -0.433. The summed E-state index contributed by atoms with van der Waals surface area (Å²) in [7, 11) is 0. The van der Waals surface area contributed by atoms with E-state index in [1.165, 1.54) is 25.1 Å². The van der Waals surface area contributed by atoms with Crippen LogP contribution in [0.5, 0.6) is 5.75 Å². The van der Waals surface area contributed by atoms with Crippen LogP contribution >= 0.6 is 0 Å². The van der Waals surface area contributed by atoms with Gasteiger partial charge in [-0.15, -0.1) is 0 Å². The Labute approximate surface area is 124 Å². The average Bonchev–Trinajstić information content (AvgIpc) is 2.42. The summed E-state index contributed by atoms with van der Waals surface area (Å²) in [5, 5.41) is 0. The third-order valence-corrected chi connectivity index (χ3v) is 2.91. The van der Waals surface area contributed by atoms with Crippen molar-refractivity contribution in [2.75, 3.05) is 13.2 Å². The monoisotopic (exact) mass is 296 g/mol. The summed E-state index contributed by atoms with van der Waals surface area (Å²) in [4.78, 5) is 22.5. The highest BCUT2D eigenvalue weighted by molar-refractivity contribution is 5.96. The minimum absolute atomic E-state index is 0.160. The summed E-state index contributed by atoms with van der Waals surface area (Å²) in [6.45, 7) is 3.97.